The molecule has 136 valence electrons. The second-order valence-electron chi connectivity index (χ2n) is 6.49. The molecular formula is C16H28N4O3S. The lowest BCUT2D eigenvalue weighted by Crippen LogP contribution is -2.46. The number of nitrogens with zero attached hydrogens (tertiary/aromatic N) is 3. The third kappa shape index (κ3) is 4.16. The number of hydrogen-bond acceptors (Lipinski definition) is 5. The molecule has 1 fully saturated rings. The molecule has 0 radical (unpaired) electrons. The molecule has 1 aromatic heterocycles. The zero-order valence-electron chi connectivity index (χ0n) is 14.9. The average Bonchev–Trinajstić information content (AvgIpc) is 3.15. The minimum Gasteiger partial charge on any atom is -0.339 e. The summed E-state index contributed by atoms with van der Waals surface area (Å²) < 4.78 is 25.5. The Morgan fingerprint density at radius 2 is 2.17 bits per heavy atom. The molecule has 1 aliphatic rings. The van der Waals surface area contributed by atoms with Crippen LogP contribution in [0.2, 0.25) is 0 Å². The Labute approximate surface area is 144 Å². The zero-order valence-corrected chi connectivity index (χ0v) is 15.7. The molecule has 1 saturated heterocycles. The molecule has 8 heteroatoms. The molecule has 1 amide bonds. The van der Waals surface area contributed by atoms with Gasteiger partial charge in [0.1, 0.15) is 0 Å². The third-order valence-electron chi connectivity index (χ3n) is 4.78. The van der Waals surface area contributed by atoms with Gasteiger partial charge in [0.2, 0.25) is 5.91 Å². The van der Waals surface area contributed by atoms with Crippen LogP contribution in [0.4, 0.5) is 0 Å². The lowest BCUT2D eigenvalue weighted by molar-refractivity contribution is -0.136. The Morgan fingerprint density at radius 1 is 1.46 bits per heavy atom. The molecule has 1 unspecified atom stereocenters. The van der Waals surface area contributed by atoms with E-state index in [-0.39, 0.29) is 35.3 Å². The van der Waals surface area contributed by atoms with Crippen molar-refractivity contribution in [3.05, 3.63) is 18.0 Å². The number of carbonyl (C=O) groups excluding carboxylic acids is 1. The van der Waals surface area contributed by atoms with Gasteiger partial charge in [-0.25, -0.2) is 8.42 Å². The van der Waals surface area contributed by atoms with E-state index in [0.29, 0.717) is 13.1 Å². The van der Waals surface area contributed by atoms with Crippen LogP contribution in [0.5, 0.6) is 0 Å². The molecule has 7 nitrogen and oxygen atoms in total. The van der Waals surface area contributed by atoms with Gasteiger partial charge in [-0.15, -0.1) is 0 Å². The molecule has 0 aromatic carbocycles. The van der Waals surface area contributed by atoms with E-state index in [4.69, 9.17) is 0 Å². The van der Waals surface area contributed by atoms with Crippen molar-refractivity contribution in [2.24, 2.45) is 13.0 Å². The predicted molar refractivity (Wildman–Crippen MR) is 93.5 cm³/mol. The highest BCUT2D eigenvalue weighted by molar-refractivity contribution is 7.91. The van der Waals surface area contributed by atoms with Crippen LogP contribution in [0, 0.1) is 5.92 Å². The number of aryl methyl sites for hydroxylation is 1. The first-order valence-corrected chi connectivity index (χ1v) is 10.3. The van der Waals surface area contributed by atoms with Crippen molar-refractivity contribution >= 4 is 15.7 Å². The number of sulfone groups is 1. The molecule has 0 aliphatic carbocycles. The van der Waals surface area contributed by atoms with Crippen molar-refractivity contribution in [2.75, 3.05) is 31.1 Å². The summed E-state index contributed by atoms with van der Waals surface area (Å²) in [6.45, 7) is 7.21. The fourth-order valence-electron chi connectivity index (χ4n) is 3.39. The summed E-state index contributed by atoms with van der Waals surface area (Å²) in [5.41, 5.74) is 1.05. The van der Waals surface area contributed by atoms with Crippen LogP contribution in [-0.2, 0) is 21.7 Å². The Morgan fingerprint density at radius 3 is 2.71 bits per heavy atom. The fraction of sp³-hybridized carbons (Fsp3) is 0.750. The van der Waals surface area contributed by atoms with Crippen molar-refractivity contribution in [1.82, 2.24) is 20.0 Å². The highest BCUT2D eigenvalue weighted by atomic mass is 32.2. The number of aromatic nitrogens is 2. The fourth-order valence-corrected chi connectivity index (χ4v) is 4.54. The maximum Gasteiger partial charge on any atom is 0.227 e. The summed E-state index contributed by atoms with van der Waals surface area (Å²) in [5.74, 6) is 0.0407. The Hall–Kier alpha value is -1.41. The van der Waals surface area contributed by atoms with Crippen LogP contribution in [-0.4, -0.2) is 66.2 Å². The van der Waals surface area contributed by atoms with Gasteiger partial charge in [-0.05, 0) is 19.4 Å². The normalized spacial score (nSPS) is 22.5. The third-order valence-corrected chi connectivity index (χ3v) is 6.65. The maximum atomic E-state index is 13.0. The minimum atomic E-state index is -3.12. The summed E-state index contributed by atoms with van der Waals surface area (Å²) in [6.07, 6.45) is 3.75. The van der Waals surface area contributed by atoms with Crippen LogP contribution in [0.15, 0.2) is 12.4 Å². The predicted octanol–water partition coefficient (Wildman–Crippen LogP) is 0.395. The van der Waals surface area contributed by atoms with Gasteiger partial charge in [0.25, 0.3) is 0 Å². The topological polar surface area (TPSA) is 84.3 Å². The van der Waals surface area contributed by atoms with Gasteiger partial charge < -0.3 is 10.2 Å². The van der Waals surface area contributed by atoms with Crippen molar-refractivity contribution in [2.45, 2.75) is 32.7 Å². The minimum absolute atomic E-state index is 0.0147. The summed E-state index contributed by atoms with van der Waals surface area (Å²) in [7, 11) is -1.26. The van der Waals surface area contributed by atoms with Gasteiger partial charge in [-0.3, -0.25) is 9.48 Å². The largest absolute Gasteiger partial charge is 0.339 e. The van der Waals surface area contributed by atoms with E-state index in [1.807, 2.05) is 27.1 Å². The first-order chi connectivity index (χ1) is 11.3. The van der Waals surface area contributed by atoms with E-state index in [2.05, 4.69) is 10.4 Å². The van der Waals surface area contributed by atoms with E-state index in [1.54, 1.807) is 22.7 Å². The lowest BCUT2D eigenvalue weighted by atomic mass is 9.89. The van der Waals surface area contributed by atoms with E-state index >= 15 is 0 Å². The van der Waals surface area contributed by atoms with Crippen LogP contribution < -0.4 is 5.32 Å². The second-order valence-corrected chi connectivity index (χ2v) is 8.89. The van der Waals surface area contributed by atoms with Gasteiger partial charge in [0, 0.05) is 50.6 Å². The molecule has 1 aromatic rings. The van der Waals surface area contributed by atoms with Crippen molar-refractivity contribution in [3.8, 4) is 0 Å². The quantitative estimate of drug-likeness (QED) is 0.764. The summed E-state index contributed by atoms with van der Waals surface area (Å²) in [6, 6.07) is -0.317. The number of rotatable bonds is 7. The zero-order chi connectivity index (χ0) is 17.9. The molecule has 0 saturated carbocycles. The van der Waals surface area contributed by atoms with Crippen LogP contribution in [0.1, 0.15) is 32.3 Å². The molecule has 3 atom stereocenters. The van der Waals surface area contributed by atoms with Crippen molar-refractivity contribution in [1.29, 1.82) is 0 Å². The summed E-state index contributed by atoms with van der Waals surface area (Å²) in [5, 5.41) is 7.48. The van der Waals surface area contributed by atoms with E-state index in [9.17, 15) is 13.2 Å². The van der Waals surface area contributed by atoms with Gasteiger partial charge in [-0.2, -0.15) is 5.10 Å². The second kappa shape index (κ2) is 7.65. The van der Waals surface area contributed by atoms with E-state index in [1.165, 1.54) is 0 Å². The van der Waals surface area contributed by atoms with Gasteiger partial charge in [-0.1, -0.05) is 6.92 Å². The lowest BCUT2D eigenvalue weighted by Gasteiger charge is -2.31. The Kier molecular flexibility index (Phi) is 6.03. The SMILES string of the molecule is CCN(C(=O)[C@H]1CNC[C@@H]1c1cnn(C)c1)C(C)CS(=O)(=O)CC. The Bertz CT molecular complexity index is 671. The van der Waals surface area contributed by atoms with E-state index < -0.39 is 9.84 Å². The van der Waals surface area contributed by atoms with Crippen molar-refractivity contribution < 1.29 is 13.2 Å². The van der Waals surface area contributed by atoms with Gasteiger partial charge >= 0.3 is 0 Å². The first-order valence-electron chi connectivity index (χ1n) is 8.49. The number of amides is 1. The smallest absolute Gasteiger partial charge is 0.227 e. The van der Waals surface area contributed by atoms with Gasteiger partial charge in [0.05, 0.1) is 17.9 Å². The molecule has 2 heterocycles. The van der Waals surface area contributed by atoms with Gasteiger partial charge in [0.15, 0.2) is 9.84 Å². The maximum absolute atomic E-state index is 13.0. The molecule has 0 spiro atoms. The van der Waals surface area contributed by atoms with Crippen LogP contribution in [0.3, 0.4) is 0 Å². The number of carbonyl (C=O) groups is 1. The van der Waals surface area contributed by atoms with E-state index in [0.717, 1.165) is 12.1 Å². The highest BCUT2D eigenvalue weighted by Gasteiger charge is 2.38. The number of nitrogens with one attached hydrogen (secondary N) is 1. The first kappa shape index (κ1) is 18.9. The monoisotopic (exact) mass is 356 g/mol. The molecule has 2 rings (SSSR count). The molecular weight excluding hydrogens is 328 g/mol. The molecule has 24 heavy (non-hydrogen) atoms. The number of hydrogen-bond donors (Lipinski definition) is 1. The molecule has 1 N–H and O–H groups in total. The average molecular weight is 356 g/mol. The molecule has 1 aliphatic heterocycles. The van der Waals surface area contributed by atoms with Crippen LogP contribution in [0.25, 0.3) is 0 Å². The summed E-state index contributed by atoms with van der Waals surface area (Å²) in [4.78, 5) is 14.7. The Balaban J connectivity index is 2.15. The summed E-state index contributed by atoms with van der Waals surface area (Å²) >= 11 is 0. The standard InChI is InChI=1S/C16H28N4O3S/c1-5-20(12(3)11-24(22,23)6-2)16(21)15-9-17-8-14(15)13-7-18-19(4)10-13/h7,10,12,14-15,17H,5-6,8-9,11H2,1-4H3/t12?,14-,15+/m1/s1. The highest BCUT2D eigenvalue weighted by Crippen LogP contribution is 2.29. The van der Waals surface area contributed by atoms with Crippen molar-refractivity contribution in [3.63, 3.8) is 0 Å². The van der Waals surface area contributed by atoms with Crippen LogP contribution >= 0.6 is 0 Å². The molecule has 0 bridgehead atoms.